The number of aryl methyl sites for hydroxylation is 1. The zero-order chi connectivity index (χ0) is 56.6. The Labute approximate surface area is 421 Å². The van der Waals surface area contributed by atoms with Crippen LogP contribution in [0.3, 0.4) is 0 Å². The number of pyridine rings is 6. The number of rotatable bonds is 5. The monoisotopic (exact) mass is 1170 g/mol. The SMILES string of the molecule is CC#N.CC#N.CC#N.Cc1ccc(-c2cc(-c3ccccn3)nc(-c3ccccn3)c2)cc1.F[P-](F)(F)(F)(F)F.F[P-](F)(F)(F)(F)F.F[P-](F)(F)(F)(F)F.[Cr+3].c1ccc(-c2cccc(-c3ccccn3)n2)nc1. The third-order valence-corrected chi connectivity index (χ3v) is 6.67. The van der Waals surface area contributed by atoms with Crippen molar-refractivity contribution >= 4 is 23.4 Å². The van der Waals surface area contributed by atoms with E-state index in [0.29, 0.717) is 0 Å². The van der Waals surface area contributed by atoms with Gasteiger partial charge in [-0.1, -0.05) is 60.2 Å². The molecule has 31 heteroatoms. The minimum absolute atomic E-state index is 0. The number of nitrogens with zero attached hydrogens (tertiary/aromatic N) is 9. The van der Waals surface area contributed by atoms with Crippen molar-refractivity contribution < 1.29 is 92.9 Å². The minimum atomic E-state index is -10.7. The summed E-state index contributed by atoms with van der Waals surface area (Å²) >= 11 is 0. The number of halogens is 18. The van der Waals surface area contributed by atoms with Gasteiger partial charge in [0.05, 0.1) is 63.8 Å². The van der Waals surface area contributed by atoms with Crippen molar-refractivity contribution in [1.29, 1.82) is 15.8 Å². The van der Waals surface area contributed by atoms with Crippen molar-refractivity contribution in [2.75, 3.05) is 0 Å². The van der Waals surface area contributed by atoms with Gasteiger partial charge in [0, 0.05) is 45.6 Å². The maximum Gasteiger partial charge on any atom is 3.00 e. The molecule has 0 amide bonds. The molecule has 0 saturated heterocycles. The normalized spacial score (nSPS) is 13.0. The molecule has 6 heterocycles. The van der Waals surface area contributed by atoms with Crippen LogP contribution in [0.1, 0.15) is 26.3 Å². The molecule has 0 atom stereocenters. The van der Waals surface area contributed by atoms with Crippen molar-refractivity contribution in [2.24, 2.45) is 0 Å². The fraction of sp³-hybridized carbons (Fsp3) is 0.0930. The van der Waals surface area contributed by atoms with E-state index in [0.717, 1.165) is 56.7 Å². The topological polar surface area (TPSA) is 149 Å². The second-order valence-corrected chi connectivity index (χ2v) is 19.1. The van der Waals surface area contributed by atoms with Crippen LogP contribution >= 0.6 is 23.4 Å². The van der Waals surface area contributed by atoms with Gasteiger partial charge in [0.2, 0.25) is 0 Å². The third-order valence-electron chi connectivity index (χ3n) is 6.67. The van der Waals surface area contributed by atoms with E-state index in [4.69, 9.17) is 20.8 Å². The van der Waals surface area contributed by atoms with Crippen molar-refractivity contribution in [3.8, 4) is 74.9 Å². The summed E-state index contributed by atoms with van der Waals surface area (Å²) in [4.78, 5) is 26.9. The Morgan fingerprint density at radius 2 is 0.541 bits per heavy atom. The molecular weight excluding hydrogens is 1130 g/mol. The molecule has 1 radical (unpaired) electrons. The number of hydrogen-bond donors (Lipinski definition) is 0. The van der Waals surface area contributed by atoms with Gasteiger partial charge in [-0.2, -0.15) is 15.8 Å². The molecule has 0 aliphatic carbocycles. The molecule has 1 aromatic carbocycles. The second kappa shape index (κ2) is 25.4. The largest absolute Gasteiger partial charge is 3.00 e. The van der Waals surface area contributed by atoms with Gasteiger partial charge >= 0.3 is 116 Å². The Morgan fingerprint density at radius 3 is 0.770 bits per heavy atom. The van der Waals surface area contributed by atoms with Gasteiger partial charge in [-0.3, -0.25) is 19.9 Å². The molecule has 7 aromatic rings. The molecule has 0 bridgehead atoms. The summed E-state index contributed by atoms with van der Waals surface area (Å²) in [5, 5.41) is 22.0. The summed E-state index contributed by atoms with van der Waals surface area (Å²) in [6.45, 7) is 6.38. The first-order valence-electron chi connectivity index (χ1n) is 19.2. The van der Waals surface area contributed by atoms with Crippen LogP contribution < -0.4 is 0 Å². The van der Waals surface area contributed by atoms with E-state index in [-0.39, 0.29) is 17.4 Å². The van der Waals surface area contributed by atoms with Crippen molar-refractivity contribution in [1.82, 2.24) is 29.9 Å². The first kappa shape index (κ1) is 69.2. The number of hydrogen-bond acceptors (Lipinski definition) is 9. The van der Waals surface area contributed by atoms with Crippen LogP contribution in [0.15, 0.2) is 152 Å². The van der Waals surface area contributed by atoms with Crippen LogP contribution in [0.2, 0.25) is 0 Å². The molecule has 0 aliphatic rings. The van der Waals surface area contributed by atoms with E-state index < -0.39 is 23.4 Å². The van der Waals surface area contributed by atoms with Gasteiger partial charge in [-0.05, 0) is 90.8 Å². The summed E-state index contributed by atoms with van der Waals surface area (Å²) < 4.78 is 178. The van der Waals surface area contributed by atoms with E-state index in [1.165, 1.54) is 26.3 Å². The van der Waals surface area contributed by atoms with Crippen LogP contribution in [0.4, 0.5) is 75.5 Å². The van der Waals surface area contributed by atoms with E-state index >= 15 is 0 Å². The second-order valence-electron chi connectivity index (χ2n) is 13.3. The molecule has 0 aliphatic heterocycles. The zero-order valence-corrected chi connectivity index (χ0v) is 42.0. The predicted molar refractivity (Wildman–Crippen MR) is 246 cm³/mol. The maximum absolute atomic E-state index is 10.7. The van der Waals surface area contributed by atoms with E-state index in [1.54, 1.807) is 43.0 Å². The van der Waals surface area contributed by atoms with Crippen molar-refractivity contribution in [3.63, 3.8) is 0 Å². The van der Waals surface area contributed by atoms with Crippen LogP contribution in [0.25, 0.3) is 56.7 Å². The standard InChI is InChI=1S/C22H17N3.C15H11N3.3C2H3N.Cr.3F6P/c1-16-8-10-17(11-9-16)18-14-21(19-6-2-4-12-23-19)25-22(15-18)20-7-3-5-13-24-20;1-3-10-16-12(6-1)14-8-5-9-15(18-14)13-7-2-4-11-17-13;3*1-2-3;;3*1-7(2,3,4,5)6/h2-15H,1H3;1-11H;3*1H3;;;;/q;;;;;+3;3*-1. The van der Waals surface area contributed by atoms with Crippen molar-refractivity contribution in [2.45, 2.75) is 27.7 Å². The minimum Gasteiger partial charge on any atom is -0.255 e. The molecule has 0 unspecified atom stereocenters. The molecule has 0 saturated carbocycles. The Kier molecular flexibility index (Phi) is 23.8. The average Bonchev–Trinajstić information content (AvgIpc) is 3.26. The third kappa shape index (κ3) is 45.0. The van der Waals surface area contributed by atoms with Gasteiger partial charge < -0.3 is 0 Å². The van der Waals surface area contributed by atoms with Crippen LogP contribution in [-0.4, -0.2) is 29.9 Å². The molecular formula is C43H37CrF18N9P3. The number of benzene rings is 1. The molecule has 9 nitrogen and oxygen atoms in total. The van der Waals surface area contributed by atoms with Gasteiger partial charge in [0.15, 0.2) is 0 Å². The first-order valence-corrected chi connectivity index (χ1v) is 25.2. The van der Waals surface area contributed by atoms with Gasteiger partial charge in [-0.25, -0.2) is 9.97 Å². The summed E-state index contributed by atoms with van der Waals surface area (Å²) in [7, 11) is -32.0. The molecule has 0 N–H and O–H groups in total. The maximum atomic E-state index is 9.87. The number of nitriles is 3. The molecule has 74 heavy (non-hydrogen) atoms. The van der Waals surface area contributed by atoms with E-state index in [9.17, 15) is 75.5 Å². The summed E-state index contributed by atoms with van der Waals surface area (Å²) in [6.07, 6.45) is 7.11. The Balaban J connectivity index is 0. The average molecular weight is 1170 g/mol. The van der Waals surface area contributed by atoms with Gasteiger partial charge in [0.25, 0.3) is 0 Å². The van der Waals surface area contributed by atoms with Gasteiger partial charge in [-0.15, -0.1) is 0 Å². The summed E-state index contributed by atoms with van der Waals surface area (Å²) in [5.74, 6) is 0. The first-order chi connectivity index (χ1) is 32.8. The molecule has 0 fully saturated rings. The quantitative estimate of drug-likeness (QED) is 0.121. The Morgan fingerprint density at radius 1 is 0.324 bits per heavy atom. The van der Waals surface area contributed by atoms with Crippen LogP contribution in [0.5, 0.6) is 0 Å². The molecule has 0 spiro atoms. The fourth-order valence-corrected chi connectivity index (χ4v) is 4.48. The van der Waals surface area contributed by atoms with Gasteiger partial charge in [0.1, 0.15) is 0 Å². The molecule has 401 valence electrons. The predicted octanol–water partition coefficient (Wildman–Crippen LogP) is 20.1. The fourth-order valence-electron chi connectivity index (χ4n) is 4.48. The van der Waals surface area contributed by atoms with Crippen LogP contribution in [-0.2, 0) is 17.4 Å². The van der Waals surface area contributed by atoms with E-state index in [1.807, 2.05) is 91.0 Å². The van der Waals surface area contributed by atoms with E-state index in [2.05, 4.69) is 68.2 Å². The van der Waals surface area contributed by atoms with Crippen LogP contribution in [0, 0.1) is 40.9 Å². The molecule has 6 aromatic heterocycles. The smallest absolute Gasteiger partial charge is 0.255 e. The number of aromatic nitrogens is 6. The molecule has 7 rings (SSSR count). The van der Waals surface area contributed by atoms with Crippen molar-refractivity contribution in [3.05, 3.63) is 158 Å². The summed E-state index contributed by atoms with van der Waals surface area (Å²) in [6, 6.07) is 47.1. The summed E-state index contributed by atoms with van der Waals surface area (Å²) in [5.41, 5.74) is 10.4. The zero-order valence-electron chi connectivity index (χ0n) is 38.0. The Hall–Kier alpha value is -6.85. The Bertz CT molecular complexity index is 2690.